The van der Waals surface area contributed by atoms with Crippen molar-refractivity contribution >= 4 is 27.5 Å². The molecule has 0 saturated carbocycles. The van der Waals surface area contributed by atoms with Crippen LogP contribution in [0, 0.1) is 0 Å². The Morgan fingerprint density at radius 1 is 0.909 bits per heavy atom. The fraction of sp³-hybridized carbons (Fsp3) is 0.227. The molecule has 0 unspecified atom stereocenters. The number of carbonyl (C=O) groups is 1. The van der Waals surface area contributed by atoms with Crippen molar-refractivity contribution in [1.29, 1.82) is 0 Å². The van der Waals surface area contributed by atoms with E-state index in [4.69, 9.17) is 16.0 Å². The number of amides is 1. The first-order valence-corrected chi connectivity index (χ1v) is 11.7. The maximum absolute atomic E-state index is 13.3. The van der Waals surface area contributed by atoms with Gasteiger partial charge in [-0.05, 0) is 36.4 Å². The number of halogens is 4. The summed E-state index contributed by atoms with van der Waals surface area (Å²) < 4.78 is 72.3. The van der Waals surface area contributed by atoms with E-state index in [1.165, 1.54) is 17.0 Å². The molecule has 11 heteroatoms. The summed E-state index contributed by atoms with van der Waals surface area (Å²) in [7, 11) is -4.39. The van der Waals surface area contributed by atoms with Crippen molar-refractivity contribution < 1.29 is 30.8 Å². The zero-order chi connectivity index (χ0) is 23.8. The SMILES string of the molecule is O=C(c1ccc(-c2ccccc2Cl)o1)N1CCN(S(=O)(=O)c2ccccc2C(F)(F)F)CC1. The molecule has 1 saturated heterocycles. The minimum Gasteiger partial charge on any atom is -0.451 e. The van der Waals surface area contributed by atoms with E-state index in [0.29, 0.717) is 16.3 Å². The third kappa shape index (κ3) is 4.64. The maximum Gasteiger partial charge on any atom is 0.417 e. The molecule has 0 radical (unpaired) electrons. The van der Waals surface area contributed by atoms with E-state index in [9.17, 15) is 26.4 Å². The minimum atomic E-state index is -4.81. The van der Waals surface area contributed by atoms with E-state index < -0.39 is 32.6 Å². The van der Waals surface area contributed by atoms with Crippen LogP contribution in [0.4, 0.5) is 13.2 Å². The summed E-state index contributed by atoms with van der Waals surface area (Å²) in [6.45, 7) is -0.264. The number of rotatable bonds is 4. The van der Waals surface area contributed by atoms with Gasteiger partial charge in [-0.3, -0.25) is 4.79 Å². The second kappa shape index (κ2) is 8.85. The molecule has 1 aromatic heterocycles. The highest BCUT2D eigenvalue weighted by atomic mass is 35.5. The number of hydrogen-bond acceptors (Lipinski definition) is 4. The third-order valence-electron chi connectivity index (χ3n) is 5.29. The van der Waals surface area contributed by atoms with Gasteiger partial charge in [0.05, 0.1) is 15.5 Å². The lowest BCUT2D eigenvalue weighted by atomic mass is 10.2. The van der Waals surface area contributed by atoms with Crippen LogP contribution in [0.1, 0.15) is 16.1 Å². The van der Waals surface area contributed by atoms with Crippen LogP contribution < -0.4 is 0 Å². The summed E-state index contributed by atoms with van der Waals surface area (Å²) in [5.41, 5.74) is -0.594. The summed E-state index contributed by atoms with van der Waals surface area (Å²) in [6, 6.07) is 14.2. The molecule has 3 aromatic rings. The van der Waals surface area contributed by atoms with Crippen molar-refractivity contribution in [2.24, 2.45) is 0 Å². The first-order valence-electron chi connectivity index (χ1n) is 9.89. The molecule has 6 nitrogen and oxygen atoms in total. The Labute approximate surface area is 193 Å². The van der Waals surface area contributed by atoms with Crippen molar-refractivity contribution in [3.05, 3.63) is 77.0 Å². The number of nitrogens with zero attached hydrogens (tertiary/aromatic N) is 2. The predicted molar refractivity (Wildman–Crippen MR) is 115 cm³/mol. The van der Waals surface area contributed by atoms with Crippen molar-refractivity contribution in [3.8, 4) is 11.3 Å². The summed E-state index contributed by atoms with van der Waals surface area (Å²) in [5, 5.41) is 0.462. The van der Waals surface area contributed by atoms with Gasteiger partial charge in [0.1, 0.15) is 5.76 Å². The van der Waals surface area contributed by atoms with Crippen LogP contribution in [0.25, 0.3) is 11.3 Å². The molecule has 1 aliphatic heterocycles. The van der Waals surface area contributed by atoms with Gasteiger partial charge in [-0.15, -0.1) is 0 Å². The number of furan rings is 1. The average molecular weight is 499 g/mol. The van der Waals surface area contributed by atoms with Crippen LogP contribution in [-0.2, 0) is 16.2 Å². The van der Waals surface area contributed by atoms with E-state index in [2.05, 4.69) is 0 Å². The molecular formula is C22H18ClF3N2O4S. The summed E-state index contributed by atoms with van der Waals surface area (Å²) in [5.74, 6) is 0.0265. The van der Waals surface area contributed by atoms with Crippen molar-refractivity contribution in [3.63, 3.8) is 0 Å². The van der Waals surface area contributed by atoms with Crippen molar-refractivity contribution in [2.45, 2.75) is 11.1 Å². The standard InChI is InChI=1S/C22H18ClF3N2O4S/c23-17-7-3-1-5-15(17)18-9-10-19(32-18)21(29)27-11-13-28(14-12-27)33(30,31)20-8-4-2-6-16(20)22(24,25)26/h1-10H,11-14H2. The van der Waals surface area contributed by atoms with Crippen LogP contribution in [0.3, 0.4) is 0 Å². The smallest absolute Gasteiger partial charge is 0.417 e. The highest BCUT2D eigenvalue weighted by molar-refractivity contribution is 7.89. The normalized spacial score (nSPS) is 15.6. The van der Waals surface area contributed by atoms with Gasteiger partial charge in [-0.1, -0.05) is 35.9 Å². The quantitative estimate of drug-likeness (QED) is 0.520. The second-order valence-electron chi connectivity index (χ2n) is 7.33. The fourth-order valence-corrected chi connectivity index (χ4v) is 5.47. The Balaban J connectivity index is 1.48. The first kappa shape index (κ1) is 23.3. The highest BCUT2D eigenvalue weighted by Crippen LogP contribution is 2.35. The van der Waals surface area contributed by atoms with Gasteiger partial charge in [0, 0.05) is 31.7 Å². The summed E-state index contributed by atoms with van der Waals surface area (Å²) in [4.78, 5) is 13.4. The molecular weight excluding hydrogens is 481 g/mol. The Kier molecular flexibility index (Phi) is 6.26. The highest BCUT2D eigenvalue weighted by Gasteiger charge is 2.40. The topological polar surface area (TPSA) is 70.8 Å². The Hall–Kier alpha value is -2.82. The summed E-state index contributed by atoms with van der Waals surface area (Å²) in [6.07, 6.45) is -4.81. The number of alkyl halides is 3. The van der Waals surface area contributed by atoms with Gasteiger partial charge in [0.15, 0.2) is 5.76 Å². The third-order valence-corrected chi connectivity index (χ3v) is 7.58. The number of piperazine rings is 1. The van der Waals surface area contributed by atoms with Gasteiger partial charge in [-0.25, -0.2) is 8.42 Å². The molecule has 0 N–H and O–H groups in total. The van der Waals surface area contributed by atoms with Crippen LogP contribution in [0.5, 0.6) is 0 Å². The predicted octanol–water partition coefficient (Wildman–Crippen LogP) is 4.77. The molecule has 2 heterocycles. The van der Waals surface area contributed by atoms with Crippen molar-refractivity contribution in [2.75, 3.05) is 26.2 Å². The molecule has 1 fully saturated rings. The molecule has 1 aliphatic rings. The summed E-state index contributed by atoms with van der Waals surface area (Å²) >= 11 is 6.16. The Bertz CT molecular complexity index is 1280. The first-order chi connectivity index (χ1) is 15.6. The molecule has 0 spiro atoms. The van der Waals surface area contributed by atoms with E-state index in [1.54, 1.807) is 30.3 Å². The lowest BCUT2D eigenvalue weighted by Crippen LogP contribution is -2.50. The van der Waals surface area contributed by atoms with Gasteiger partial charge < -0.3 is 9.32 Å². The number of sulfonamides is 1. The molecule has 33 heavy (non-hydrogen) atoms. The van der Waals surface area contributed by atoms with E-state index in [-0.39, 0.29) is 31.9 Å². The number of carbonyl (C=O) groups excluding carboxylic acids is 1. The Morgan fingerprint density at radius 2 is 1.55 bits per heavy atom. The maximum atomic E-state index is 13.3. The van der Waals surface area contributed by atoms with E-state index in [0.717, 1.165) is 22.5 Å². The minimum absolute atomic E-state index is 0.00831. The largest absolute Gasteiger partial charge is 0.451 e. The van der Waals surface area contributed by atoms with Gasteiger partial charge in [-0.2, -0.15) is 17.5 Å². The zero-order valence-electron chi connectivity index (χ0n) is 17.0. The molecule has 0 aliphatic carbocycles. The molecule has 2 aromatic carbocycles. The fourth-order valence-electron chi connectivity index (χ4n) is 3.61. The zero-order valence-corrected chi connectivity index (χ0v) is 18.6. The second-order valence-corrected chi connectivity index (χ2v) is 9.65. The molecule has 4 rings (SSSR count). The molecule has 0 bridgehead atoms. The molecule has 1 amide bonds. The van der Waals surface area contributed by atoms with E-state index in [1.807, 2.05) is 0 Å². The monoisotopic (exact) mass is 498 g/mol. The van der Waals surface area contributed by atoms with Gasteiger partial charge in [0.2, 0.25) is 10.0 Å². The lowest BCUT2D eigenvalue weighted by Gasteiger charge is -2.34. The average Bonchev–Trinajstić information content (AvgIpc) is 3.28. The van der Waals surface area contributed by atoms with Crippen LogP contribution >= 0.6 is 11.6 Å². The Morgan fingerprint density at radius 3 is 2.21 bits per heavy atom. The van der Waals surface area contributed by atoms with Crippen molar-refractivity contribution in [1.82, 2.24) is 9.21 Å². The van der Waals surface area contributed by atoms with Gasteiger partial charge in [0.25, 0.3) is 5.91 Å². The van der Waals surface area contributed by atoms with Crippen LogP contribution in [0.15, 0.2) is 70.0 Å². The van der Waals surface area contributed by atoms with Gasteiger partial charge >= 0.3 is 6.18 Å². The van der Waals surface area contributed by atoms with Crippen LogP contribution in [-0.4, -0.2) is 49.7 Å². The lowest BCUT2D eigenvalue weighted by molar-refractivity contribution is -0.139. The van der Waals surface area contributed by atoms with E-state index >= 15 is 0 Å². The molecule has 0 atom stereocenters. The van der Waals surface area contributed by atoms with Crippen LogP contribution in [0.2, 0.25) is 5.02 Å². The number of benzene rings is 2. The molecule has 174 valence electrons. The number of hydrogen-bond donors (Lipinski definition) is 0.